The molecule has 1 aliphatic heterocycles. The molecule has 94 valence electrons. The van der Waals surface area contributed by atoms with Crippen molar-refractivity contribution in [3.05, 3.63) is 33.8 Å². The molecular weight excluding hydrogens is 257 g/mol. The molecule has 0 aromatic heterocycles. The molecule has 0 bridgehead atoms. The molecule has 1 aromatic rings. The lowest BCUT2D eigenvalue weighted by Crippen LogP contribution is -2.39. The summed E-state index contributed by atoms with van der Waals surface area (Å²) in [5.74, 6) is 0.535. The van der Waals surface area contributed by atoms with Gasteiger partial charge in [0.15, 0.2) is 0 Å². The van der Waals surface area contributed by atoms with Gasteiger partial charge in [-0.25, -0.2) is 0 Å². The quantitative estimate of drug-likeness (QED) is 0.918. The molecule has 1 fully saturated rings. The maximum absolute atomic E-state index is 6.19. The molecule has 4 heteroatoms. The Morgan fingerprint density at radius 2 is 2.18 bits per heavy atom. The average molecular weight is 274 g/mol. The lowest BCUT2D eigenvalue weighted by Gasteiger charge is -2.22. The summed E-state index contributed by atoms with van der Waals surface area (Å²) in [6.07, 6.45) is 2.02. The highest BCUT2D eigenvalue weighted by Gasteiger charge is 2.29. The van der Waals surface area contributed by atoms with Gasteiger partial charge in [0.2, 0.25) is 0 Å². The van der Waals surface area contributed by atoms with E-state index in [9.17, 15) is 0 Å². The van der Waals surface area contributed by atoms with Crippen molar-refractivity contribution in [2.24, 2.45) is 11.7 Å². The summed E-state index contributed by atoms with van der Waals surface area (Å²) in [5, 5.41) is 1.16. The molecular formula is C13H17Cl2NO. The zero-order valence-corrected chi connectivity index (χ0v) is 11.3. The van der Waals surface area contributed by atoms with Crippen molar-refractivity contribution in [2.45, 2.75) is 31.9 Å². The van der Waals surface area contributed by atoms with Crippen molar-refractivity contribution >= 4 is 23.2 Å². The Kier molecular flexibility index (Phi) is 4.31. The van der Waals surface area contributed by atoms with Crippen molar-refractivity contribution in [2.75, 3.05) is 6.61 Å². The Bertz CT molecular complexity index is 397. The van der Waals surface area contributed by atoms with Crippen LogP contribution in [-0.4, -0.2) is 18.8 Å². The van der Waals surface area contributed by atoms with E-state index in [1.54, 1.807) is 0 Å². The highest BCUT2D eigenvalue weighted by Crippen LogP contribution is 2.26. The largest absolute Gasteiger partial charge is 0.376 e. The van der Waals surface area contributed by atoms with Crippen molar-refractivity contribution < 1.29 is 4.74 Å². The molecule has 0 saturated carbocycles. The average Bonchev–Trinajstić information content (AvgIpc) is 2.70. The summed E-state index contributed by atoms with van der Waals surface area (Å²) in [4.78, 5) is 0. The van der Waals surface area contributed by atoms with Crippen LogP contribution >= 0.6 is 23.2 Å². The second-order valence-electron chi connectivity index (χ2n) is 4.72. The van der Waals surface area contributed by atoms with Gasteiger partial charge in [-0.05, 0) is 36.5 Å². The summed E-state index contributed by atoms with van der Waals surface area (Å²) >= 11 is 11.9. The Morgan fingerprint density at radius 1 is 1.41 bits per heavy atom. The summed E-state index contributed by atoms with van der Waals surface area (Å²) in [6, 6.07) is 5.67. The van der Waals surface area contributed by atoms with Crippen LogP contribution in [0.4, 0.5) is 0 Å². The van der Waals surface area contributed by atoms with Gasteiger partial charge in [-0.2, -0.15) is 0 Å². The second kappa shape index (κ2) is 5.57. The molecule has 0 aliphatic carbocycles. The van der Waals surface area contributed by atoms with E-state index < -0.39 is 0 Å². The van der Waals surface area contributed by atoms with Gasteiger partial charge in [-0.3, -0.25) is 0 Å². The van der Waals surface area contributed by atoms with Crippen LogP contribution in [0.25, 0.3) is 0 Å². The third-order valence-electron chi connectivity index (χ3n) is 3.32. The van der Waals surface area contributed by atoms with Crippen LogP contribution in [0, 0.1) is 5.92 Å². The second-order valence-corrected chi connectivity index (χ2v) is 5.53. The van der Waals surface area contributed by atoms with Gasteiger partial charge in [0, 0.05) is 12.6 Å². The maximum Gasteiger partial charge on any atom is 0.0755 e. The highest BCUT2D eigenvalue weighted by atomic mass is 35.5. The molecule has 3 atom stereocenters. The van der Waals surface area contributed by atoms with Crippen LogP contribution in [0.2, 0.25) is 10.0 Å². The van der Waals surface area contributed by atoms with E-state index >= 15 is 0 Å². The molecule has 17 heavy (non-hydrogen) atoms. The summed E-state index contributed by atoms with van der Waals surface area (Å²) in [6.45, 7) is 3.01. The Morgan fingerprint density at radius 3 is 2.76 bits per heavy atom. The van der Waals surface area contributed by atoms with E-state index in [1.165, 1.54) is 0 Å². The molecule has 0 radical (unpaired) electrons. The van der Waals surface area contributed by atoms with E-state index in [-0.39, 0.29) is 12.1 Å². The van der Waals surface area contributed by atoms with Gasteiger partial charge >= 0.3 is 0 Å². The van der Waals surface area contributed by atoms with Gasteiger partial charge in [-0.15, -0.1) is 0 Å². The van der Waals surface area contributed by atoms with E-state index in [0.29, 0.717) is 16.0 Å². The van der Waals surface area contributed by atoms with Crippen molar-refractivity contribution in [3.63, 3.8) is 0 Å². The van der Waals surface area contributed by atoms with Crippen molar-refractivity contribution in [1.82, 2.24) is 0 Å². The van der Waals surface area contributed by atoms with Crippen LogP contribution in [0.15, 0.2) is 18.2 Å². The van der Waals surface area contributed by atoms with Crippen molar-refractivity contribution in [1.29, 1.82) is 0 Å². The van der Waals surface area contributed by atoms with Crippen LogP contribution in [0.5, 0.6) is 0 Å². The van der Waals surface area contributed by atoms with Gasteiger partial charge in [0.1, 0.15) is 0 Å². The first-order valence-electron chi connectivity index (χ1n) is 5.89. The predicted molar refractivity (Wildman–Crippen MR) is 71.7 cm³/mol. The lowest BCUT2D eigenvalue weighted by atomic mass is 9.94. The van der Waals surface area contributed by atoms with Gasteiger partial charge in [-0.1, -0.05) is 36.2 Å². The van der Waals surface area contributed by atoms with Crippen LogP contribution in [0.1, 0.15) is 18.9 Å². The van der Waals surface area contributed by atoms with Crippen LogP contribution < -0.4 is 5.73 Å². The first-order chi connectivity index (χ1) is 8.08. The molecule has 3 unspecified atom stereocenters. The molecule has 0 spiro atoms. The lowest BCUT2D eigenvalue weighted by molar-refractivity contribution is 0.0726. The molecule has 0 amide bonds. The van der Waals surface area contributed by atoms with Crippen molar-refractivity contribution in [3.8, 4) is 0 Å². The fraction of sp³-hybridized carbons (Fsp3) is 0.538. The topological polar surface area (TPSA) is 35.2 Å². The normalized spacial score (nSPS) is 26.1. The van der Waals surface area contributed by atoms with E-state index in [1.807, 2.05) is 18.2 Å². The third kappa shape index (κ3) is 3.14. The number of halogens is 2. The zero-order valence-electron chi connectivity index (χ0n) is 9.83. The smallest absolute Gasteiger partial charge is 0.0755 e. The van der Waals surface area contributed by atoms with E-state index in [4.69, 9.17) is 33.7 Å². The molecule has 2 rings (SSSR count). The summed E-state index contributed by atoms with van der Waals surface area (Å²) in [5.41, 5.74) is 7.29. The number of hydrogen-bond donors (Lipinski definition) is 1. The fourth-order valence-corrected chi connectivity index (χ4v) is 2.64. The summed E-state index contributed by atoms with van der Waals surface area (Å²) in [7, 11) is 0. The van der Waals surface area contributed by atoms with E-state index in [0.717, 1.165) is 25.0 Å². The zero-order chi connectivity index (χ0) is 12.4. The standard InChI is InChI=1S/C13H17Cl2NO/c1-8-4-5-17-13(8)12(16)7-9-2-3-10(14)11(15)6-9/h2-3,6,8,12-13H,4-5,7,16H2,1H3. The molecule has 1 aromatic carbocycles. The third-order valence-corrected chi connectivity index (χ3v) is 4.06. The highest BCUT2D eigenvalue weighted by molar-refractivity contribution is 6.42. The monoisotopic (exact) mass is 273 g/mol. The Hall–Kier alpha value is -0.280. The molecule has 2 N–H and O–H groups in total. The molecule has 1 heterocycles. The van der Waals surface area contributed by atoms with Crippen LogP contribution in [-0.2, 0) is 11.2 Å². The Labute approximate surface area is 112 Å². The summed E-state index contributed by atoms with van der Waals surface area (Å²) < 4.78 is 5.67. The Balaban J connectivity index is 2.02. The van der Waals surface area contributed by atoms with E-state index in [2.05, 4.69) is 6.92 Å². The van der Waals surface area contributed by atoms with Gasteiger partial charge in [0.05, 0.1) is 16.1 Å². The molecule has 1 saturated heterocycles. The number of benzene rings is 1. The molecule has 1 aliphatic rings. The number of ether oxygens (including phenoxy) is 1. The first-order valence-corrected chi connectivity index (χ1v) is 6.64. The fourth-order valence-electron chi connectivity index (χ4n) is 2.32. The van der Waals surface area contributed by atoms with Gasteiger partial charge in [0.25, 0.3) is 0 Å². The maximum atomic E-state index is 6.19. The minimum atomic E-state index is 0.0183. The number of rotatable bonds is 3. The van der Waals surface area contributed by atoms with Gasteiger partial charge < -0.3 is 10.5 Å². The number of nitrogens with two attached hydrogens (primary N) is 1. The predicted octanol–water partition coefficient (Wildman–Crippen LogP) is 3.29. The minimum Gasteiger partial charge on any atom is -0.376 e. The first kappa shape index (κ1) is 13.2. The number of hydrogen-bond acceptors (Lipinski definition) is 2. The molecule has 2 nitrogen and oxygen atoms in total. The minimum absolute atomic E-state index is 0.0183. The van der Waals surface area contributed by atoms with Crippen LogP contribution in [0.3, 0.4) is 0 Å². The SMILES string of the molecule is CC1CCOC1C(N)Cc1ccc(Cl)c(Cl)c1.